The first-order valence-corrected chi connectivity index (χ1v) is 10.9. The van der Waals surface area contributed by atoms with Gasteiger partial charge in [-0.15, -0.1) is 0 Å². The highest BCUT2D eigenvalue weighted by molar-refractivity contribution is 7.80. The summed E-state index contributed by atoms with van der Waals surface area (Å²) < 4.78 is 21.9. The molecule has 1 heterocycles. The summed E-state index contributed by atoms with van der Waals surface area (Å²) in [6.45, 7) is 0. The number of carbonyl (C=O) groups is 2. The first kappa shape index (κ1) is 23.8. The smallest absolute Gasteiger partial charge is 0.270 e. The predicted molar refractivity (Wildman–Crippen MR) is 135 cm³/mol. The number of ether oxygens (including phenoxy) is 4. The maximum atomic E-state index is 13.4. The summed E-state index contributed by atoms with van der Waals surface area (Å²) in [6, 6.07) is 19.4. The fourth-order valence-corrected chi connectivity index (χ4v) is 3.81. The fourth-order valence-electron chi connectivity index (χ4n) is 3.53. The van der Waals surface area contributed by atoms with Gasteiger partial charge in [-0.3, -0.25) is 19.8 Å². The van der Waals surface area contributed by atoms with E-state index in [9.17, 15) is 9.59 Å². The van der Waals surface area contributed by atoms with E-state index in [0.29, 0.717) is 40.0 Å². The van der Waals surface area contributed by atoms with Crippen molar-refractivity contribution in [2.24, 2.45) is 0 Å². The average Bonchev–Trinajstić information content (AvgIpc) is 2.87. The summed E-state index contributed by atoms with van der Waals surface area (Å²) in [7, 11) is 4.46. The molecule has 35 heavy (non-hydrogen) atoms. The zero-order valence-corrected chi connectivity index (χ0v) is 20.0. The topological polar surface area (TPSA) is 86.3 Å². The predicted octanol–water partition coefficient (Wildman–Crippen LogP) is 4.34. The lowest BCUT2D eigenvalue weighted by molar-refractivity contribution is -0.122. The molecule has 0 unspecified atom stereocenters. The van der Waals surface area contributed by atoms with E-state index in [1.165, 1.54) is 32.3 Å². The minimum atomic E-state index is -0.603. The number of benzene rings is 3. The summed E-state index contributed by atoms with van der Waals surface area (Å²) in [4.78, 5) is 27.3. The van der Waals surface area contributed by atoms with Crippen molar-refractivity contribution in [2.75, 3.05) is 26.2 Å². The third-order valence-corrected chi connectivity index (χ3v) is 5.46. The van der Waals surface area contributed by atoms with E-state index >= 15 is 0 Å². The molecule has 1 fully saturated rings. The van der Waals surface area contributed by atoms with Crippen molar-refractivity contribution in [1.29, 1.82) is 0 Å². The molecule has 4 rings (SSSR count). The van der Waals surface area contributed by atoms with Gasteiger partial charge in [0.25, 0.3) is 11.8 Å². The molecule has 9 heteroatoms. The Morgan fingerprint density at radius 1 is 0.829 bits per heavy atom. The molecule has 0 bridgehead atoms. The van der Waals surface area contributed by atoms with E-state index in [1.807, 2.05) is 30.3 Å². The number of rotatable bonds is 7. The van der Waals surface area contributed by atoms with Crippen LogP contribution in [0.5, 0.6) is 28.7 Å². The molecule has 0 spiro atoms. The van der Waals surface area contributed by atoms with Crippen LogP contribution in [0, 0.1) is 0 Å². The molecule has 1 saturated heterocycles. The molecule has 0 aromatic heterocycles. The van der Waals surface area contributed by atoms with Gasteiger partial charge in [0.2, 0.25) is 5.75 Å². The first-order chi connectivity index (χ1) is 16.9. The van der Waals surface area contributed by atoms with Crippen LogP contribution in [0.25, 0.3) is 6.08 Å². The van der Waals surface area contributed by atoms with Crippen molar-refractivity contribution >= 4 is 40.9 Å². The van der Waals surface area contributed by atoms with Gasteiger partial charge in [0.05, 0.1) is 27.0 Å². The van der Waals surface area contributed by atoms with Crippen molar-refractivity contribution < 1.29 is 28.5 Å². The Balaban J connectivity index is 1.64. The molecule has 178 valence electrons. The average molecular weight is 491 g/mol. The van der Waals surface area contributed by atoms with Crippen LogP contribution < -0.4 is 29.2 Å². The number of carbonyl (C=O) groups excluding carboxylic acids is 2. The van der Waals surface area contributed by atoms with Gasteiger partial charge in [0.15, 0.2) is 16.6 Å². The highest BCUT2D eigenvalue weighted by atomic mass is 32.1. The largest absolute Gasteiger partial charge is 0.493 e. The van der Waals surface area contributed by atoms with E-state index in [1.54, 1.807) is 36.4 Å². The van der Waals surface area contributed by atoms with Crippen LogP contribution in [0.3, 0.4) is 0 Å². The maximum absolute atomic E-state index is 13.4. The second kappa shape index (κ2) is 10.3. The normalized spacial score (nSPS) is 14.5. The molecule has 1 aliphatic heterocycles. The third-order valence-electron chi connectivity index (χ3n) is 5.17. The van der Waals surface area contributed by atoms with Gasteiger partial charge >= 0.3 is 0 Å². The summed E-state index contributed by atoms with van der Waals surface area (Å²) in [6.07, 6.45) is 1.45. The lowest BCUT2D eigenvalue weighted by atomic mass is 10.1. The van der Waals surface area contributed by atoms with Gasteiger partial charge in [-0.2, -0.15) is 0 Å². The van der Waals surface area contributed by atoms with Crippen molar-refractivity contribution in [3.05, 3.63) is 77.9 Å². The second-order valence-corrected chi connectivity index (χ2v) is 7.71. The lowest BCUT2D eigenvalue weighted by Crippen LogP contribution is -2.54. The molecule has 0 atom stereocenters. The second-order valence-electron chi connectivity index (χ2n) is 7.33. The maximum Gasteiger partial charge on any atom is 0.270 e. The van der Waals surface area contributed by atoms with Crippen LogP contribution in [0.4, 0.5) is 5.69 Å². The molecule has 0 saturated carbocycles. The standard InChI is InChI=1S/C26H22N2O6S/c1-31-21-14-16(15-22(32-2)23(21)33-3)13-20-24(29)27-26(35)28(25(20)30)17-9-11-19(12-10-17)34-18-7-5-4-6-8-18/h4-15H,1-3H3,(H,27,29,35)/b20-13+. The van der Waals surface area contributed by atoms with Gasteiger partial charge in [-0.05, 0) is 72.4 Å². The number of thiocarbonyl (C=S) groups is 1. The van der Waals surface area contributed by atoms with Crippen LogP contribution in [-0.4, -0.2) is 38.3 Å². The van der Waals surface area contributed by atoms with E-state index in [4.69, 9.17) is 31.2 Å². The van der Waals surface area contributed by atoms with Crippen molar-refractivity contribution in [2.45, 2.75) is 0 Å². The Morgan fingerprint density at radius 3 is 2.00 bits per heavy atom. The van der Waals surface area contributed by atoms with E-state index in [-0.39, 0.29) is 10.7 Å². The Bertz CT molecular complexity index is 1280. The lowest BCUT2D eigenvalue weighted by Gasteiger charge is -2.29. The Kier molecular flexibility index (Phi) is 6.98. The van der Waals surface area contributed by atoms with Crippen molar-refractivity contribution in [3.8, 4) is 28.7 Å². The Hall–Kier alpha value is -4.37. The quantitative estimate of drug-likeness (QED) is 0.300. The Labute approximate surface area is 207 Å². The molecule has 8 nitrogen and oxygen atoms in total. The van der Waals surface area contributed by atoms with E-state index in [2.05, 4.69) is 5.32 Å². The fraction of sp³-hybridized carbons (Fsp3) is 0.115. The molecule has 3 aromatic carbocycles. The zero-order chi connectivity index (χ0) is 24.9. The van der Waals surface area contributed by atoms with Gasteiger partial charge < -0.3 is 18.9 Å². The first-order valence-electron chi connectivity index (χ1n) is 10.5. The monoisotopic (exact) mass is 490 g/mol. The summed E-state index contributed by atoms with van der Waals surface area (Å²) in [5.74, 6) is 1.29. The van der Waals surface area contributed by atoms with Gasteiger partial charge in [0, 0.05) is 0 Å². The molecule has 2 amide bonds. The molecule has 0 aliphatic carbocycles. The number of methoxy groups -OCH3 is 3. The number of hydrogen-bond acceptors (Lipinski definition) is 7. The van der Waals surface area contributed by atoms with Crippen LogP contribution >= 0.6 is 12.2 Å². The number of hydrogen-bond donors (Lipinski definition) is 1. The van der Waals surface area contributed by atoms with Gasteiger partial charge in [-0.25, -0.2) is 0 Å². The molecule has 0 radical (unpaired) electrons. The highest BCUT2D eigenvalue weighted by Gasteiger charge is 2.34. The number of para-hydroxylation sites is 1. The number of nitrogens with zero attached hydrogens (tertiary/aromatic N) is 1. The summed E-state index contributed by atoms with van der Waals surface area (Å²) >= 11 is 5.29. The zero-order valence-electron chi connectivity index (χ0n) is 19.2. The molecular formula is C26H22N2O6S. The van der Waals surface area contributed by atoms with Crippen molar-refractivity contribution in [1.82, 2.24) is 5.32 Å². The van der Waals surface area contributed by atoms with Gasteiger partial charge in [-0.1, -0.05) is 18.2 Å². The van der Waals surface area contributed by atoms with Gasteiger partial charge in [0.1, 0.15) is 17.1 Å². The van der Waals surface area contributed by atoms with E-state index < -0.39 is 11.8 Å². The molecule has 3 aromatic rings. The minimum Gasteiger partial charge on any atom is -0.493 e. The van der Waals surface area contributed by atoms with Crippen LogP contribution in [0.1, 0.15) is 5.56 Å². The minimum absolute atomic E-state index is 0.0150. The van der Waals surface area contributed by atoms with Crippen LogP contribution in [-0.2, 0) is 9.59 Å². The Morgan fingerprint density at radius 2 is 1.43 bits per heavy atom. The number of amides is 2. The molecule has 1 aliphatic rings. The summed E-state index contributed by atoms with van der Waals surface area (Å²) in [5, 5.41) is 2.56. The number of anilines is 1. The number of nitrogens with one attached hydrogen (secondary N) is 1. The van der Waals surface area contributed by atoms with E-state index in [0.717, 1.165) is 0 Å². The van der Waals surface area contributed by atoms with Crippen LogP contribution in [0.2, 0.25) is 0 Å². The van der Waals surface area contributed by atoms with Crippen LogP contribution in [0.15, 0.2) is 72.3 Å². The molecule has 1 N–H and O–H groups in total. The third kappa shape index (κ3) is 4.95. The highest BCUT2D eigenvalue weighted by Crippen LogP contribution is 2.39. The van der Waals surface area contributed by atoms with Crippen molar-refractivity contribution in [3.63, 3.8) is 0 Å². The summed E-state index contributed by atoms with van der Waals surface area (Å²) in [5.41, 5.74) is 0.895. The SMILES string of the molecule is COc1cc(/C=C2\C(=O)NC(=S)N(c3ccc(Oc4ccccc4)cc3)C2=O)cc(OC)c1OC. The molecular weight excluding hydrogens is 468 g/mol.